The number of carbonyl (C=O) groups excluding carboxylic acids is 2. The number of hydrogen-bond donors (Lipinski definition) is 1. The molecule has 0 saturated carbocycles. The normalized spacial score (nSPS) is 12.8. The van der Waals surface area contributed by atoms with E-state index in [2.05, 4.69) is 5.32 Å². The van der Waals surface area contributed by atoms with E-state index < -0.39 is 17.6 Å². The molecule has 41 heavy (non-hydrogen) atoms. The average Bonchev–Trinajstić information content (AvgIpc) is 2.99. The standard InChI is InChI=1S/C32H27F3N2O4/c1-40-28-9-5-8-27(29(28)22-10-13-25(14-11-22)32(33,34)35)30(38)36-26-15-12-24-19-37(17-16-23(24)18-26)31(39)41-20-21-6-3-2-4-7-21/h2-15,18H,16-17,19-20H2,1H3,(H,36,38). The SMILES string of the molecule is COc1cccc(C(=O)Nc2ccc3c(c2)CCN(C(=O)OCc2ccccc2)C3)c1-c1ccc(C(F)(F)F)cc1. The Hall–Kier alpha value is -4.79. The molecule has 6 nitrogen and oxygen atoms in total. The molecule has 210 valence electrons. The number of fused-ring (bicyclic) bond motifs is 1. The molecule has 0 aromatic heterocycles. The molecule has 2 amide bonds. The van der Waals surface area contributed by atoms with Gasteiger partial charge in [-0.05, 0) is 65.1 Å². The summed E-state index contributed by atoms with van der Waals surface area (Å²) in [5.41, 5.74) is 3.73. The van der Waals surface area contributed by atoms with Gasteiger partial charge in [-0.1, -0.05) is 54.6 Å². The van der Waals surface area contributed by atoms with Crippen molar-refractivity contribution in [2.24, 2.45) is 0 Å². The summed E-state index contributed by atoms with van der Waals surface area (Å²) in [7, 11) is 1.44. The molecule has 0 atom stereocenters. The first-order chi connectivity index (χ1) is 19.7. The van der Waals surface area contributed by atoms with Gasteiger partial charge in [0.15, 0.2) is 0 Å². The molecule has 4 aromatic carbocycles. The van der Waals surface area contributed by atoms with Crippen LogP contribution in [0.4, 0.5) is 23.7 Å². The third-order valence-electron chi connectivity index (χ3n) is 6.93. The summed E-state index contributed by atoms with van der Waals surface area (Å²) in [5, 5.41) is 2.90. The molecule has 9 heteroatoms. The number of halogens is 3. The lowest BCUT2D eigenvalue weighted by molar-refractivity contribution is -0.137. The molecular weight excluding hydrogens is 533 g/mol. The number of anilines is 1. The highest BCUT2D eigenvalue weighted by Gasteiger charge is 2.30. The van der Waals surface area contributed by atoms with Gasteiger partial charge in [0, 0.05) is 24.3 Å². The predicted molar refractivity (Wildman–Crippen MR) is 149 cm³/mol. The Morgan fingerprint density at radius 2 is 1.66 bits per heavy atom. The van der Waals surface area contributed by atoms with Crippen molar-refractivity contribution < 1.29 is 32.2 Å². The maximum atomic E-state index is 13.4. The maximum absolute atomic E-state index is 13.4. The van der Waals surface area contributed by atoms with Crippen LogP contribution in [0.3, 0.4) is 0 Å². The van der Waals surface area contributed by atoms with Gasteiger partial charge in [-0.25, -0.2) is 4.79 Å². The molecule has 1 aliphatic heterocycles. The van der Waals surface area contributed by atoms with Crippen molar-refractivity contribution in [3.63, 3.8) is 0 Å². The second-order valence-electron chi connectivity index (χ2n) is 9.61. The third-order valence-corrected chi connectivity index (χ3v) is 6.93. The maximum Gasteiger partial charge on any atom is 0.416 e. The van der Waals surface area contributed by atoms with Gasteiger partial charge in [0.25, 0.3) is 5.91 Å². The van der Waals surface area contributed by atoms with E-state index >= 15 is 0 Å². The van der Waals surface area contributed by atoms with Crippen LogP contribution in [0.25, 0.3) is 11.1 Å². The quantitative estimate of drug-likeness (QED) is 0.268. The fourth-order valence-electron chi connectivity index (χ4n) is 4.81. The highest BCUT2D eigenvalue weighted by Crippen LogP contribution is 2.36. The lowest BCUT2D eigenvalue weighted by atomic mass is 9.96. The summed E-state index contributed by atoms with van der Waals surface area (Å²) in [6.07, 6.45) is -4.26. The fourth-order valence-corrected chi connectivity index (χ4v) is 4.81. The van der Waals surface area contributed by atoms with Gasteiger partial charge >= 0.3 is 12.3 Å². The van der Waals surface area contributed by atoms with Crippen molar-refractivity contribution in [2.45, 2.75) is 25.7 Å². The Kier molecular flexibility index (Phi) is 7.96. The van der Waals surface area contributed by atoms with E-state index in [9.17, 15) is 22.8 Å². The highest BCUT2D eigenvalue weighted by atomic mass is 19.4. The van der Waals surface area contributed by atoms with Gasteiger partial charge < -0.3 is 19.7 Å². The molecule has 0 fully saturated rings. The largest absolute Gasteiger partial charge is 0.496 e. The van der Waals surface area contributed by atoms with Gasteiger partial charge in [0.1, 0.15) is 12.4 Å². The zero-order chi connectivity index (χ0) is 29.0. The fraction of sp³-hybridized carbons (Fsp3) is 0.188. The minimum atomic E-state index is -4.47. The van der Waals surface area contributed by atoms with E-state index in [1.165, 1.54) is 19.2 Å². The zero-order valence-corrected chi connectivity index (χ0v) is 22.2. The molecule has 1 aliphatic rings. The Bertz CT molecular complexity index is 1550. The molecule has 0 unspecified atom stereocenters. The first-order valence-corrected chi connectivity index (χ1v) is 13.0. The second-order valence-corrected chi connectivity index (χ2v) is 9.61. The summed E-state index contributed by atoms with van der Waals surface area (Å²) in [4.78, 5) is 27.6. The van der Waals surface area contributed by atoms with E-state index in [-0.39, 0.29) is 18.3 Å². The number of carbonyl (C=O) groups is 2. The first-order valence-electron chi connectivity index (χ1n) is 13.0. The number of hydrogen-bond acceptors (Lipinski definition) is 4. The minimum Gasteiger partial charge on any atom is -0.496 e. The Labute approximate surface area is 235 Å². The lowest BCUT2D eigenvalue weighted by Crippen LogP contribution is -2.36. The van der Waals surface area contributed by atoms with Crippen LogP contribution in [-0.2, 0) is 30.5 Å². The molecule has 0 bridgehead atoms. The first kappa shape index (κ1) is 27.8. The number of amides is 2. The molecule has 5 rings (SSSR count). The number of ether oxygens (including phenoxy) is 2. The van der Waals surface area contributed by atoms with Crippen LogP contribution in [0.15, 0.2) is 91.0 Å². The Morgan fingerprint density at radius 1 is 0.902 bits per heavy atom. The number of alkyl halides is 3. The molecule has 0 saturated heterocycles. The van der Waals surface area contributed by atoms with Crippen LogP contribution in [0, 0.1) is 0 Å². The van der Waals surface area contributed by atoms with Crippen LogP contribution in [-0.4, -0.2) is 30.6 Å². The number of methoxy groups -OCH3 is 1. The number of rotatable bonds is 6. The predicted octanol–water partition coefficient (Wildman–Crippen LogP) is 7.33. The van der Waals surface area contributed by atoms with E-state index in [1.54, 1.807) is 29.2 Å². The zero-order valence-electron chi connectivity index (χ0n) is 22.2. The van der Waals surface area contributed by atoms with E-state index in [1.807, 2.05) is 42.5 Å². The van der Waals surface area contributed by atoms with Crippen molar-refractivity contribution in [3.8, 4) is 16.9 Å². The smallest absolute Gasteiger partial charge is 0.416 e. The van der Waals surface area contributed by atoms with Crippen molar-refractivity contribution in [2.75, 3.05) is 19.0 Å². The monoisotopic (exact) mass is 560 g/mol. The van der Waals surface area contributed by atoms with E-state index in [4.69, 9.17) is 9.47 Å². The van der Waals surface area contributed by atoms with Crippen LogP contribution >= 0.6 is 0 Å². The molecular formula is C32H27F3N2O4. The molecule has 0 aliphatic carbocycles. The van der Waals surface area contributed by atoms with Gasteiger partial charge in [-0.2, -0.15) is 13.2 Å². The number of nitrogens with zero attached hydrogens (tertiary/aromatic N) is 1. The van der Waals surface area contributed by atoms with Crippen molar-refractivity contribution in [3.05, 3.63) is 119 Å². The average molecular weight is 561 g/mol. The lowest BCUT2D eigenvalue weighted by Gasteiger charge is -2.28. The minimum absolute atomic E-state index is 0.201. The topological polar surface area (TPSA) is 67.9 Å². The summed E-state index contributed by atoms with van der Waals surface area (Å²) in [5.74, 6) is -0.0669. The number of nitrogens with one attached hydrogen (secondary N) is 1. The van der Waals surface area contributed by atoms with Gasteiger partial charge in [-0.3, -0.25) is 4.79 Å². The Balaban J connectivity index is 1.30. The van der Waals surface area contributed by atoms with Crippen molar-refractivity contribution in [1.82, 2.24) is 4.90 Å². The van der Waals surface area contributed by atoms with E-state index in [0.717, 1.165) is 28.8 Å². The van der Waals surface area contributed by atoms with Crippen LogP contribution in [0.5, 0.6) is 5.75 Å². The van der Waals surface area contributed by atoms with E-state index in [0.29, 0.717) is 42.1 Å². The third kappa shape index (κ3) is 6.35. The summed E-state index contributed by atoms with van der Waals surface area (Å²) < 4.78 is 50.1. The molecule has 1 heterocycles. The van der Waals surface area contributed by atoms with Gasteiger partial charge in [0.05, 0.1) is 18.2 Å². The summed E-state index contributed by atoms with van der Waals surface area (Å²) >= 11 is 0. The van der Waals surface area contributed by atoms with Gasteiger partial charge in [0.2, 0.25) is 0 Å². The molecule has 1 N–H and O–H groups in total. The Morgan fingerprint density at radius 3 is 2.37 bits per heavy atom. The van der Waals surface area contributed by atoms with Crippen LogP contribution < -0.4 is 10.1 Å². The van der Waals surface area contributed by atoms with Gasteiger partial charge in [-0.15, -0.1) is 0 Å². The highest BCUT2D eigenvalue weighted by molar-refractivity contribution is 6.09. The van der Waals surface area contributed by atoms with Crippen LogP contribution in [0.2, 0.25) is 0 Å². The number of benzene rings is 4. The summed E-state index contributed by atoms with van der Waals surface area (Å²) in [6.45, 7) is 1.07. The summed E-state index contributed by atoms with van der Waals surface area (Å²) in [6, 6.07) is 24.5. The molecule has 0 spiro atoms. The molecule has 4 aromatic rings. The molecule has 0 radical (unpaired) electrons. The van der Waals surface area contributed by atoms with Crippen LogP contribution in [0.1, 0.15) is 32.6 Å². The van der Waals surface area contributed by atoms with Crippen molar-refractivity contribution in [1.29, 1.82) is 0 Å². The second kappa shape index (κ2) is 11.8. The van der Waals surface area contributed by atoms with Crippen molar-refractivity contribution >= 4 is 17.7 Å².